The number of aromatic nitrogens is 3. The highest BCUT2D eigenvalue weighted by Gasteiger charge is 2.34. The Morgan fingerprint density at radius 2 is 2.22 bits per heavy atom. The Bertz CT molecular complexity index is 1010. The Labute approximate surface area is 160 Å². The fourth-order valence-electron chi connectivity index (χ4n) is 3.47. The molecule has 3 heterocycles. The quantitative estimate of drug-likeness (QED) is 0.709. The number of carbonyl (C=O) groups excluding carboxylic acids is 2. The molecule has 0 spiro atoms. The van der Waals surface area contributed by atoms with Gasteiger partial charge in [0.1, 0.15) is 5.01 Å². The predicted molar refractivity (Wildman–Crippen MR) is 105 cm³/mol. The minimum Gasteiger partial charge on any atom is -0.361 e. The maximum atomic E-state index is 12.4. The normalized spacial score (nSPS) is 17.0. The number of nitrogens with zero attached hydrogens (tertiary/aromatic N) is 3. The van der Waals surface area contributed by atoms with Gasteiger partial charge in [0.2, 0.25) is 16.9 Å². The number of aromatic amines is 1. The number of likely N-dealkylation sites (tertiary alicyclic amines) is 1. The number of benzene rings is 1. The molecule has 1 aliphatic rings. The van der Waals surface area contributed by atoms with E-state index in [9.17, 15) is 9.59 Å². The third-order valence-electron chi connectivity index (χ3n) is 4.92. The molecular formula is C19H21N5O2S. The average Bonchev–Trinajstić information content (AvgIpc) is 3.32. The third-order valence-corrected chi connectivity index (χ3v) is 5.67. The molecule has 0 unspecified atom stereocenters. The van der Waals surface area contributed by atoms with Gasteiger partial charge in [0.25, 0.3) is 0 Å². The predicted octanol–water partition coefficient (Wildman–Crippen LogP) is 2.67. The molecule has 4 rings (SSSR count). The molecule has 1 aliphatic heterocycles. The molecule has 0 aliphatic carbocycles. The lowest BCUT2D eigenvalue weighted by Gasteiger charge is -2.16. The molecule has 2 amide bonds. The summed E-state index contributed by atoms with van der Waals surface area (Å²) in [4.78, 5) is 29.8. The van der Waals surface area contributed by atoms with Crippen LogP contribution >= 0.6 is 11.3 Å². The fourth-order valence-corrected chi connectivity index (χ4v) is 4.07. The SMILES string of the molecule is Cc1ccc2[nH]cc(CCN3C[C@H](C(=O)Nc4nnc(C)s4)CC3=O)c2c1. The van der Waals surface area contributed by atoms with Crippen LogP contribution < -0.4 is 5.32 Å². The van der Waals surface area contributed by atoms with Crippen LogP contribution in [0.5, 0.6) is 0 Å². The highest BCUT2D eigenvalue weighted by atomic mass is 32.1. The van der Waals surface area contributed by atoms with Gasteiger partial charge < -0.3 is 15.2 Å². The second kappa shape index (κ2) is 7.11. The van der Waals surface area contributed by atoms with Crippen molar-refractivity contribution in [3.8, 4) is 0 Å². The first kappa shape index (κ1) is 17.7. The van der Waals surface area contributed by atoms with E-state index in [0.29, 0.717) is 18.2 Å². The first-order valence-corrected chi connectivity index (χ1v) is 9.76. The topological polar surface area (TPSA) is 91.0 Å². The van der Waals surface area contributed by atoms with Gasteiger partial charge in [-0.05, 0) is 38.0 Å². The lowest BCUT2D eigenvalue weighted by molar-refractivity contribution is -0.128. The first-order valence-electron chi connectivity index (χ1n) is 8.95. The first-order chi connectivity index (χ1) is 13.0. The van der Waals surface area contributed by atoms with Crippen LogP contribution in [-0.2, 0) is 16.0 Å². The van der Waals surface area contributed by atoms with Crippen molar-refractivity contribution in [1.82, 2.24) is 20.1 Å². The van der Waals surface area contributed by atoms with Gasteiger partial charge in [-0.2, -0.15) is 0 Å². The molecule has 2 aromatic heterocycles. The summed E-state index contributed by atoms with van der Waals surface area (Å²) in [7, 11) is 0. The maximum absolute atomic E-state index is 12.4. The molecule has 1 aromatic carbocycles. The summed E-state index contributed by atoms with van der Waals surface area (Å²) in [5.41, 5.74) is 3.51. The molecule has 2 N–H and O–H groups in total. The number of fused-ring (bicyclic) bond motifs is 1. The monoisotopic (exact) mass is 383 g/mol. The fraction of sp³-hybridized carbons (Fsp3) is 0.368. The van der Waals surface area contributed by atoms with Gasteiger partial charge in [-0.1, -0.05) is 23.0 Å². The lowest BCUT2D eigenvalue weighted by atomic mass is 10.1. The van der Waals surface area contributed by atoms with E-state index in [1.807, 2.05) is 13.1 Å². The minimum absolute atomic E-state index is 0.0274. The van der Waals surface area contributed by atoms with Crippen molar-refractivity contribution in [2.24, 2.45) is 5.92 Å². The number of hydrogen-bond donors (Lipinski definition) is 2. The van der Waals surface area contributed by atoms with Crippen LogP contribution in [0, 0.1) is 19.8 Å². The Morgan fingerprint density at radius 1 is 1.37 bits per heavy atom. The smallest absolute Gasteiger partial charge is 0.231 e. The molecule has 1 atom stereocenters. The molecule has 1 saturated heterocycles. The number of H-pyrrole nitrogens is 1. The molecule has 3 aromatic rings. The van der Waals surface area contributed by atoms with Gasteiger partial charge in [-0.15, -0.1) is 10.2 Å². The number of carbonyl (C=O) groups is 2. The van der Waals surface area contributed by atoms with Crippen molar-refractivity contribution in [2.75, 3.05) is 18.4 Å². The Balaban J connectivity index is 1.37. The Morgan fingerprint density at radius 3 is 3.00 bits per heavy atom. The van der Waals surface area contributed by atoms with E-state index < -0.39 is 0 Å². The van der Waals surface area contributed by atoms with Crippen molar-refractivity contribution in [3.63, 3.8) is 0 Å². The molecule has 140 valence electrons. The van der Waals surface area contributed by atoms with Crippen molar-refractivity contribution in [3.05, 3.63) is 40.5 Å². The van der Waals surface area contributed by atoms with Crippen LogP contribution in [0.25, 0.3) is 10.9 Å². The Hall–Kier alpha value is -2.74. The van der Waals surface area contributed by atoms with Gasteiger partial charge in [0.05, 0.1) is 5.92 Å². The summed E-state index contributed by atoms with van der Waals surface area (Å²) in [5.74, 6) is -0.476. The maximum Gasteiger partial charge on any atom is 0.231 e. The number of nitrogens with one attached hydrogen (secondary N) is 2. The number of hydrogen-bond acceptors (Lipinski definition) is 5. The molecular weight excluding hydrogens is 362 g/mol. The summed E-state index contributed by atoms with van der Waals surface area (Å²) in [5, 5.41) is 13.0. The van der Waals surface area contributed by atoms with E-state index in [0.717, 1.165) is 16.9 Å². The molecule has 8 heteroatoms. The summed E-state index contributed by atoms with van der Waals surface area (Å²) in [6.45, 7) is 4.97. The number of amides is 2. The highest BCUT2D eigenvalue weighted by molar-refractivity contribution is 7.15. The standard InChI is InChI=1S/C19H21N5O2S/c1-11-3-4-16-15(7-11)13(9-20-16)5-6-24-10-14(8-17(24)25)18(26)21-19-23-22-12(2)27-19/h3-4,7,9,14,20H,5-6,8,10H2,1-2H3,(H,21,23,26)/t14-/m1/s1. The van der Waals surface area contributed by atoms with Crippen LogP contribution in [0.2, 0.25) is 0 Å². The van der Waals surface area contributed by atoms with Crippen LogP contribution in [-0.4, -0.2) is 45.0 Å². The van der Waals surface area contributed by atoms with E-state index in [1.54, 1.807) is 4.90 Å². The molecule has 0 radical (unpaired) electrons. The van der Waals surface area contributed by atoms with Crippen LogP contribution in [0.15, 0.2) is 24.4 Å². The molecule has 0 saturated carbocycles. The molecule has 7 nitrogen and oxygen atoms in total. The zero-order chi connectivity index (χ0) is 19.0. The molecule has 1 fully saturated rings. The van der Waals surface area contributed by atoms with Crippen LogP contribution in [0.3, 0.4) is 0 Å². The highest BCUT2D eigenvalue weighted by Crippen LogP contribution is 2.24. The van der Waals surface area contributed by atoms with Crippen molar-refractivity contribution < 1.29 is 9.59 Å². The second-order valence-electron chi connectivity index (χ2n) is 6.97. The molecule has 0 bridgehead atoms. The minimum atomic E-state index is -0.341. The largest absolute Gasteiger partial charge is 0.361 e. The average molecular weight is 383 g/mol. The van der Waals surface area contributed by atoms with Gasteiger partial charge in [-0.25, -0.2) is 0 Å². The van der Waals surface area contributed by atoms with Crippen LogP contribution in [0.4, 0.5) is 5.13 Å². The van der Waals surface area contributed by atoms with Gasteiger partial charge in [0, 0.05) is 36.6 Å². The number of anilines is 1. The number of rotatable bonds is 5. The summed E-state index contributed by atoms with van der Waals surface area (Å²) < 4.78 is 0. The van der Waals surface area contributed by atoms with E-state index in [4.69, 9.17) is 0 Å². The molecule has 27 heavy (non-hydrogen) atoms. The van der Waals surface area contributed by atoms with Crippen molar-refractivity contribution in [1.29, 1.82) is 0 Å². The Kier molecular flexibility index (Phi) is 4.65. The second-order valence-corrected chi connectivity index (χ2v) is 8.15. The van der Waals surface area contributed by atoms with Gasteiger partial charge in [-0.3, -0.25) is 9.59 Å². The van der Waals surface area contributed by atoms with Crippen molar-refractivity contribution >= 4 is 39.2 Å². The van der Waals surface area contributed by atoms with E-state index in [1.165, 1.54) is 27.8 Å². The lowest BCUT2D eigenvalue weighted by Crippen LogP contribution is -2.30. The third kappa shape index (κ3) is 3.71. The van der Waals surface area contributed by atoms with E-state index in [2.05, 4.69) is 45.6 Å². The summed E-state index contributed by atoms with van der Waals surface area (Å²) in [6.07, 6.45) is 3.02. The zero-order valence-corrected chi connectivity index (χ0v) is 16.1. The van der Waals surface area contributed by atoms with E-state index in [-0.39, 0.29) is 24.2 Å². The van der Waals surface area contributed by atoms with Crippen LogP contribution in [0.1, 0.15) is 22.6 Å². The van der Waals surface area contributed by atoms with Crippen molar-refractivity contribution in [2.45, 2.75) is 26.7 Å². The summed E-state index contributed by atoms with van der Waals surface area (Å²) >= 11 is 1.33. The zero-order valence-electron chi connectivity index (χ0n) is 15.3. The summed E-state index contributed by atoms with van der Waals surface area (Å²) in [6, 6.07) is 6.31. The number of aryl methyl sites for hydroxylation is 2. The van der Waals surface area contributed by atoms with Gasteiger partial charge >= 0.3 is 0 Å². The van der Waals surface area contributed by atoms with Gasteiger partial charge in [0.15, 0.2) is 0 Å². The van der Waals surface area contributed by atoms with E-state index >= 15 is 0 Å².